The Morgan fingerprint density at radius 1 is 1.19 bits per heavy atom. The molecule has 1 aromatic rings. The summed E-state index contributed by atoms with van der Waals surface area (Å²) in [5.74, 6) is -0.259. The number of amides is 1. The molecule has 4 atom stereocenters. The van der Waals surface area contributed by atoms with Crippen molar-refractivity contribution < 1.29 is 27.1 Å². The van der Waals surface area contributed by atoms with Crippen molar-refractivity contribution in [3.05, 3.63) is 29.6 Å². The molecule has 176 valence electrons. The Labute approximate surface area is 188 Å². The summed E-state index contributed by atoms with van der Waals surface area (Å²) in [5.41, 5.74) is -0.101. The van der Waals surface area contributed by atoms with Gasteiger partial charge in [0.1, 0.15) is 10.7 Å². The van der Waals surface area contributed by atoms with Crippen molar-refractivity contribution in [3.8, 4) is 0 Å². The molecule has 1 aliphatic heterocycles. The number of esters is 1. The molecule has 3 aliphatic rings. The molecule has 1 heterocycles. The maximum atomic E-state index is 14.3. The lowest BCUT2D eigenvalue weighted by atomic mass is 9.84. The number of carbonyl (C=O) groups is 2. The number of hydrogen-bond donors (Lipinski definition) is 1. The molecule has 7 nitrogen and oxygen atoms in total. The maximum Gasteiger partial charge on any atom is 0.338 e. The summed E-state index contributed by atoms with van der Waals surface area (Å²) in [7, 11) is -4.04. The molecular weight excluding hydrogens is 435 g/mol. The van der Waals surface area contributed by atoms with Gasteiger partial charge in [-0.25, -0.2) is 17.6 Å². The second-order valence-corrected chi connectivity index (χ2v) is 11.3. The second kappa shape index (κ2) is 9.47. The molecule has 2 bridgehead atoms. The van der Waals surface area contributed by atoms with Gasteiger partial charge in [-0.1, -0.05) is 12.8 Å². The average molecular weight is 467 g/mol. The van der Waals surface area contributed by atoms with E-state index in [0.29, 0.717) is 24.9 Å². The summed E-state index contributed by atoms with van der Waals surface area (Å²) in [5, 5.41) is 2.92. The van der Waals surface area contributed by atoms with Gasteiger partial charge < -0.3 is 10.1 Å². The number of piperidine rings is 1. The number of hydrogen-bond acceptors (Lipinski definition) is 5. The maximum absolute atomic E-state index is 14.3. The molecule has 1 amide bonds. The van der Waals surface area contributed by atoms with E-state index in [1.807, 2.05) is 6.92 Å². The van der Waals surface area contributed by atoms with Gasteiger partial charge >= 0.3 is 5.97 Å². The Kier molecular flexibility index (Phi) is 6.86. The number of fused-ring (bicyclic) bond motifs is 2. The molecule has 0 radical (unpaired) electrons. The van der Waals surface area contributed by atoms with Crippen LogP contribution in [-0.4, -0.2) is 50.3 Å². The van der Waals surface area contributed by atoms with Crippen LogP contribution in [0.1, 0.15) is 62.2 Å². The fraction of sp³-hybridized carbons (Fsp3) is 0.652. The third-order valence-electron chi connectivity index (χ3n) is 7.26. The fourth-order valence-electron chi connectivity index (χ4n) is 5.60. The number of benzene rings is 1. The zero-order chi connectivity index (χ0) is 22.9. The number of rotatable bonds is 7. The summed E-state index contributed by atoms with van der Waals surface area (Å²) in [6.45, 7) is 2.19. The monoisotopic (exact) mass is 466 g/mol. The van der Waals surface area contributed by atoms with Crippen molar-refractivity contribution in [1.29, 1.82) is 0 Å². The highest BCUT2D eigenvalue weighted by atomic mass is 32.2. The lowest BCUT2D eigenvalue weighted by Gasteiger charge is -2.28. The average Bonchev–Trinajstić information content (AvgIpc) is 3.42. The van der Waals surface area contributed by atoms with Crippen molar-refractivity contribution in [1.82, 2.24) is 9.62 Å². The predicted octanol–water partition coefficient (Wildman–Crippen LogP) is 3.10. The van der Waals surface area contributed by atoms with E-state index >= 15 is 0 Å². The van der Waals surface area contributed by atoms with E-state index in [1.165, 1.54) is 29.6 Å². The van der Waals surface area contributed by atoms with Crippen LogP contribution in [0.3, 0.4) is 0 Å². The van der Waals surface area contributed by atoms with E-state index in [9.17, 15) is 22.4 Å². The van der Waals surface area contributed by atoms with E-state index in [1.54, 1.807) is 0 Å². The van der Waals surface area contributed by atoms with Crippen LogP contribution < -0.4 is 5.32 Å². The number of nitrogens with one attached hydrogen (secondary N) is 1. The molecule has 0 aromatic heterocycles. The molecule has 4 rings (SSSR count). The number of nitrogens with zero attached hydrogens (tertiary/aromatic N) is 1. The van der Waals surface area contributed by atoms with E-state index in [2.05, 4.69) is 5.32 Å². The minimum atomic E-state index is -4.04. The first-order chi connectivity index (χ1) is 15.3. The zero-order valence-electron chi connectivity index (χ0n) is 18.4. The molecule has 1 saturated heterocycles. The lowest BCUT2D eigenvalue weighted by molar-refractivity contribution is -0.125. The minimum Gasteiger partial charge on any atom is -0.452 e. The number of ether oxygens (including phenoxy) is 1. The van der Waals surface area contributed by atoms with E-state index in [4.69, 9.17) is 4.74 Å². The van der Waals surface area contributed by atoms with Crippen molar-refractivity contribution >= 4 is 21.9 Å². The minimum absolute atomic E-state index is 0.0172. The third-order valence-corrected chi connectivity index (χ3v) is 9.17. The quantitative estimate of drug-likeness (QED) is 0.624. The summed E-state index contributed by atoms with van der Waals surface area (Å²) in [4.78, 5) is 24.2. The van der Waals surface area contributed by atoms with Crippen LogP contribution in [0.5, 0.6) is 0 Å². The smallest absolute Gasteiger partial charge is 0.338 e. The van der Waals surface area contributed by atoms with Crippen LogP contribution in [0.4, 0.5) is 4.39 Å². The topological polar surface area (TPSA) is 92.8 Å². The highest BCUT2D eigenvalue weighted by molar-refractivity contribution is 7.89. The SMILES string of the molecule is C[C@H](NC(=O)COC(=O)c1ccc(F)c(S(=O)(=O)N2CCCCC2)c1)[C@@H]1C[C@H]2CC[C@H]1C2. The molecular formula is C23H31FN2O5S. The van der Waals surface area contributed by atoms with Crippen LogP contribution in [0.2, 0.25) is 0 Å². The first-order valence-electron chi connectivity index (χ1n) is 11.5. The van der Waals surface area contributed by atoms with Gasteiger partial charge in [0, 0.05) is 19.1 Å². The summed E-state index contributed by atoms with van der Waals surface area (Å²) in [6, 6.07) is 3.13. The number of carbonyl (C=O) groups excluding carboxylic acids is 2. The highest BCUT2D eigenvalue weighted by Crippen LogP contribution is 2.49. The Hall–Kier alpha value is -2.00. The van der Waals surface area contributed by atoms with E-state index < -0.39 is 39.2 Å². The normalized spacial score (nSPS) is 26.6. The van der Waals surface area contributed by atoms with Gasteiger partial charge in [0.2, 0.25) is 10.0 Å². The molecule has 3 fully saturated rings. The molecule has 1 N–H and O–H groups in total. The van der Waals surface area contributed by atoms with Gasteiger partial charge in [0.15, 0.2) is 6.61 Å². The molecule has 2 aliphatic carbocycles. The van der Waals surface area contributed by atoms with Crippen LogP contribution >= 0.6 is 0 Å². The Morgan fingerprint density at radius 3 is 2.59 bits per heavy atom. The van der Waals surface area contributed by atoms with Crippen molar-refractivity contribution in [2.75, 3.05) is 19.7 Å². The van der Waals surface area contributed by atoms with E-state index in [0.717, 1.165) is 43.7 Å². The van der Waals surface area contributed by atoms with Crippen molar-refractivity contribution in [2.24, 2.45) is 17.8 Å². The molecule has 0 spiro atoms. The predicted molar refractivity (Wildman–Crippen MR) is 116 cm³/mol. The molecule has 0 unspecified atom stereocenters. The van der Waals surface area contributed by atoms with Crippen molar-refractivity contribution in [2.45, 2.75) is 62.8 Å². The van der Waals surface area contributed by atoms with Gasteiger partial charge in [0.05, 0.1) is 5.56 Å². The largest absolute Gasteiger partial charge is 0.452 e. The van der Waals surface area contributed by atoms with E-state index in [-0.39, 0.29) is 11.6 Å². The van der Waals surface area contributed by atoms with Crippen molar-refractivity contribution in [3.63, 3.8) is 0 Å². The van der Waals surface area contributed by atoms with Crippen LogP contribution in [-0.2, 0) is 19.6 Å². The van der Waals surface area contributed by atoms with Gasteiger partial charge in [0.25, 0.3) is 5.91 Å². The Balaban J connectivity index is 1.35. The molecule has 9 heteroatoms. The zero-order valence-corrected chi connectivity index (χ0v) is 19.2. The van der Waals surface area contributed by atoms with Crippen LogP contribution in [0, 0.1) is 23.6 Å². The second-order valence-electron chi connectivity index (χ2n) is 9.38. The Bertz CT molecular complexity index is 977. The fourth-order valence-corrected chi connectivity index (χ4v) is 7.20. The van der Waals surface area contributed by atoms with Gasteiger partial charge in [-0.2, -0.15) is 4.31 Å². The first-order valence-corrected chi connectivity index (χ1v) is 13.0. The lowest BCUT2D eigenvalue weighted by Crippen LogP contribution is -2.42. The highest BCUT2D eigenvalue weighted by Gasteiger charge is 2.42. The van der Waals surface area contributed by atoms with Gasteiger partial charge in [-0.3, -0.25) is 4.79 Å². The van der Waals surface area contributed by atoms with Crippen LogP contribution in [0.15, 0.2) is 23.1 Å². The van der Waals surface area contributed by atoms with Gasteiger partial charge in [-0.15, -0.1) is 0 Å². The summed E-state index contributed by atoms with van der Waals surface area (Å²) >= 11 is 0. The molecule has 1 aromatic carbocycles. The van der Waals surface area contributed by atoms with Gasteiger partial charge in [-0.05, 0) is 75.0 Å². The standard InChI is InChI=1S/C23H31FN2O5S/c1-15(19-12-16-5-6-17(19)11-16)25-22(27)14-31-23(28)18-7-8-20(24)21(13-18)32(29,30)26-9-3-2-4-10-26/h7-8,13,15-17,19H,2-6,9-12,14H2,1H3,(H,25,27)/t15-,16-,17-,19-/m0/s1. The number of halogens is 1. The van der Waals surface area contributed by atoms with Crippen LogP contribution in [0.25, 0.3) is 0 Å². The first kappa shape index (κ1) is 23.2. The third kappa shape index (κ3) is 4.83. The molecule has 2 saturated carbocycles. The summed E-state index contributed by atoms with van der Waals surface area (Å²) in [6.07, 6.45) is 7.26. The summed E-state index contributed by atoms with van der Waals surface area (Å²) < 4.78 is 46.3. The number of sulfonamides is 1. The Morgan fingerprint density at radius 2 is 1.94 bits per heavy atom. The molecule has 32 heavy (non-hydrogen) atoms.